The van der Waals surface area contributed by atoms with Crippen LogP contribution in [0.15, 0.2) is 22.7 Å². The van der Waals surface area contributed by atoms with E-state index in [1.54, 1.807) is 12.1 Å². The summed E-state index contributed by atoms with van der Waals surface area (Å²) >= 11 is 3.04. The summed E-state index contributed by atoms with van der Waals surface area (Å²) in [6.45, 7) is 0.141. The lowest BCUT2D eigenvalue weighted by Gasteiger charge is -2.04. The number of hydrogen-bond donors (Lipinski definition) is 0. The molecule has 1 aromatic carbocycles. The minimum absolute atomic E-state index is 0.141. The third-order valence-electron chi connectivity index (χ3n) is 1.23. The Labute approximate surface area is 78.7 Å². The Morgan fingerprint density at radius 3 is 3.00 bits per heavy atom. The van der Waals surface area contributed by atoms with Crippen molar-refractivity contribution in [3.05, 3.63) is 28.5 Å². The van der Waals surface area contributed by atoms with Gasteiger partial charge in [0, 0.05) is 0 Å². The molecule has 0 radical (unpaired) electrons. The van der Waals surface area contributed by atoms with Crippen LogP contribution in [-0.2, 0) is 0 Å². The minimum Gasteiger partial charge on any atom is -0.480 e. The molecule has 0 N–H and O–H groups in total. The molecule has 0 amide bonds. The number of benzene rings is 1. The standard InChI is InChI=1S/C9H6BrFO/c1-2-6-12-8-5-3-4-7(11)9(8)10/h1,3-5H,6H2. The highest BCUT2D eigenvalue weighted by Crippen LogP contribution is 2.26. The fraction of sp³-hybridized carbons (Fsp3) is 0.111. The average Bonchev–Trinajstić information content (AvgIpc) is 2.08. The van der Waals surface area contributed by atoms with Crippen LogP contribution in [0.2, 0.25) is 0 Å². The Balaban J connectivity index is 2.86. The van der Waals surface area contributed by atoms with Gasteiger partial charge in [0.25, 0.3) is 0 Å². The lowest BCUT2D eigenvalue weighted by atomic mass is 10.3. The van der Waals surface area contributed by atoms with Crippen molar-refractivity contribution < 1.29 is 9.13 Å². The first-order valence-electron chi connectivity index (χ1n) is 3.26. The van der Waals surface area contributed by atoms with Crippen LogP contribution in [0.3, 0.4) is 0 Å². The molecule has 0 saturated heterocycles. The summed E-state index contributed by atoms with van der Waals surface area (Å²) in [5.74, 6) is 2.36. The van der Waals surface area contributed by atoms with Crippen LogP contribution in [0, 0.1) is 18.2 Å². The maximum atomic E-state index is 12.8. The smallest absolute Gasteiger partial charge is 0.148 e. The summed E-state index contributed by atoms with van der Waals surface area (Å²) in [6.07, 6.45) is 4.98. The van der Waals surface area contributed by atoms with Gasteiger partial charge in [0.05, 0.1) is 4.47 Å². The highest BCUT2D eigenvalue weighted by Gasteiger charge is 2.04. The van der Waals surface area contributed by atoms with E-state index >= 15 is 0 Å². The molecule has 0 fully saturated rings. The molecule has 0 aliphatic heterocycles. The quantitative estimate of drug-likeness (QED) is 0.708. The Bertz CT molecular complexity index is 317. The number of rotatable bonds is 2. The molecule has 0 unspecified atom stereocenters. The molecular formula is C9H6BrFO. The zero-order valence-electron chi connectivity index (χ0n) is 6.18. The van der Waals surface area contributed by atoms with Crippen molar-refractivity contribution in [1.29, 1.82) is 0 Å². The van der Waals surface area contributed by atoms with Gasteiger partial charge in [-0.25, -0.2) is 4.39 Å². The van der Waals surface area contributed by atoms with Gasteiger partial charge < -0.3 is 4.74 Å². The first-order chi connectivity index (χ1) is 5.75. The zero-order chi connectivity index (χ0) is 8.97. The predicted octanol–water partition coefficient (Wildman–Crippen LogP) is 2.60. The van der Waals surface area contributed by atoms with E-state index in [0.717, 1.165) is 0 Å². The molecule has 62 valence electrons. The van der Waals surface area contributed by atoms with Crippen molar-refractivity contribution in [3.63, 3.8) is 0 Å². The van der Waals surface area contributed by atoms with Crippen molar-refractivity contribution in [1.82, 2.24) is 0 Å². The van der Waals surface area contributed by atoms with Crippen molar-refractivity contribution >= 4 is 15.9 Å². The van der Waals surface area contributed by atoms with Crippen molar-refractivity contribution in [2.45, 2.75) is 0 Å². The summed E-state index contributed by atoms with van der Waals surface area (Å²) in [4.78, 5) is 0. The van der Waals surface area contributed by atoms with Crippen LogP contribution in [0.25, 0.3) is 0 Å². The topological polar surface area (TPSA) is 9.23 Å². The Kier molecular flexibility index (Phi) is 3.12. The lowest BCUT2D eigenvalue weighted by Crippen LogP contribution is -1.94. The van der Waals surface area contributed by atoms with Gasteiger partial charge in [-0.3, -0.25) is 0 Å². The molecule has 0 aliphatic carbocycles. The molecule has 0 atom stereocenters. The summed E-state index contributed by atoms with van der Waals surface area (Å²) in [7, 11) is 0. The molecule has 1 aromatic rings. The van der Waals surface area contributed by atoms with Crippen LogP contribution >= 0.6 is 15.9 Å². The molecule has 0 aromatic heterocycles. The first-order valence-corrected chi connectivity index (χ1v) is 4.05. The van der Waals surface area contributed by atoms with Crippen LogP contribution in [0.1, 0.15) is 0 Å². The van der Waals surface area contributed by atoms with Gasteiger partial charge in [-0.05, 0) is 28.1 Å². The molecule has 12 heavy (non-hydrogen) atoms. The molecule has 0 aliphatic rings. The van der Waals surface area contributed by atoms with Crippen molar-refractivity contribution in [2.75, 3.05) is 6.61 Å². The highest BCUT2D eigenvalue weighted by atomic mass is 79.9. The molecule has 1 nitrogen and oxygen atoms in total. The fourth-order valence-electron chi connectivity index (χ4n) is 0.715. The second-order valence-electron chi connectivity index (χ2n) is 2.04. The van der Waals surface area contributed by atoms with Crippen LogP contribution in [0.4, 0.5) is 4.39 Å². The maximum absolute atomic E-state index is 12.8. The van der Waals surface area contributed by atoms with Crippen LogP contribution < -0.4 is 4.74 Å². The van der Waals surface area contributed by atoms with Crippen LogP contribution in [-0.4, -0.2) is 6.61 Å². The highest BCUT2D eigenvalue weighted by molar-refractivity contribution is 9.10. The number of ether oxygens (including phenoxy) is 1. The Morgan fingerprint density at radius 2 is 2.33 bits per heavy atom. The van der Waals surface area contributed by atoms with Gasteiger partial charge in [-0.1, -0.05) is 12.0 Å². The van der Waals surface area contributed by atoms with E-state index in [1.165, 1.54) is 6.07 Å². The minimum atomic E-state index is -0.357. The molecule has 1 rings (SSSR count). The summed E-state index contributed by atoms with van der Waals surface area (Å²) in [5.41, 5.74) is 0. The van der Waals surface area contributed by atoms with E-state index in [1.807, 2.05) is 0 Å². The number of hydrogen-bond acceptors (Lipinski definition) is 1. The SMILES string of the molecule is C#CCOc1cccc(F)c1Br. The summed E-state index contributed by atoms with van der Waals surface area (Å²) in [6, 6.07) is 4.54. The van der Waals surface area contributed by atoms with Crippen molar-refractivity contribution in [2.24, 2.45) is 0 Å². The Hall–Kier alpha value is -1.01. The molecule has 0 bridgehead atoms. The summed E-state index contributed by atoms with van der Waals surface area (Å²) in [5, 5.41) is 0. The van der Waals surface area contributed by atoms with Gasteiger partial charge in [0.1, 0.15) is 18.2 Å². The fourth-order valence-corrected chi connectivity index (χ4v) is 1.09. The monoisotopic (exact) mass is 228 g/mol. The molecule has 3 heteroatoms. The van der Waals surface area contributed by atoms with E-state index in [-0.39, 0.29) is 12.4 Å². The predicted molar refractivity (Wildman–Crippen MR) is 48.4 cm³/mol. The third-order valence-corrected chi connectivity index (χ3v) is 2.00. The van der Waals surface area contributed by atoms with Crippen LogP contribution in [0.5, 0.6) is 5.75 Å². The van der Waals surface area contributed by atoms with Gasteiger partial charge >= 0.3 is 0 Å². The van der Waals surface area contributed by atoms with Gasteiger partial charge in [-0.15, -0.1) is 6.42 Å². The lowest BCUT2D eigenvalue weighted by molar-refractivity contribution is 0.365. The zero-order valence-corrected chi connectivity index (χ0v) is 7.77. The molecular weight excluding hydrogens is 223 g/mol. The summed E-state index contributed by atoms with van der Waals surface area (Å²) < 4.78 is 18.2. The van der Waals surface area contributed by atoms with Crippen molar-refractivity contribution in [3.8, 4) is 18.1 Å². The molecule has 0 heterocycles. The third kappa shape index (κ3) is 1.99. The number of terminal acetylenes is 1. The van der Waals surface area contributed by atoms with E-state index in [2.05, 4.69) is 21.9 Å². The van der Waals surface area contributed by atoms with Gasteiger partial charge in [-0.2, -0.15) is 0 Å². The second-order valence-corrected chi connectivity index (χ2v) is 2.84. The largest absolute Gasteiger partial charge is 0.480 e. The van der Waals surface area contributed by atoms with Gasteiger partial charge in [0.15, 0.2) is 0 Å². The second kappa shape index (κ2) is 4.13. The van der Waals surface area contributed by atoms with E-state index in [0.29, 0.717) is 10.2 Å². The molecule has 0 spiro atoms. The van der Waals surface area contributed by atoms with E-state index in [9.17, 15) is 4.39 Å². The average molecular weight is 229 g/mol. The number of halogens is 2. The maximum Gasteiger partial charge on any atom is 0.148 e. The van der Waals surface area contributed by atoms with E-state index in [4.69, 9.17) is 11.2 Å². The first kappa shape index (κ1) is 9.08. The van der Waals surface area contributed by atoms with Gasteiger partial charge in [0.2, 0.25) is 0 Å². The van der Waals surface area contributed by atoms with E-state index < -0.39 is 0 Å². The molecule has 0 saturated carbocycles. The Morgan fingerprint density at radius 1 is 1.58 bits per heavy atom. The normalized spacial score (nSPS) is 9.08.